The van der Waals surface area contributed by atoms with Crippen molar-refractivity contribution in [3.05, 3.63) is 5.92 Å². The SMILES string of the molecule is CC1[C](C2CCCCS2)CCCCCCCC1C1CCCCS1. The Hall–Kier alpha value is 0.700. The van der Waals surface area contributed by atoms with Crippen molar-refractivity contribution < 1.29 is 0 Å². The van der Waals surface area contributed by atoms with Gasteiger partial charge in [-0.25, -0.2) is 0 Å². The Labute approximate surface area is 153 Å². The summed E-state index contributed by atoms with van der Waals surface area (Å²) in [7, 11) is 0. The van der Waals surface area contributed by atoms with E-state index in [-0.39, 0.29) is 0 Å². The molecule has 0 aromatic carbocycles. The molecule has 4 atom stereocenters. The van der Waals surface area contributed by atoms with Crippen LogP contribution in [0.25, 0.3) is 0 Å². The maximum Gasteiger partial charge on any atom is 0.0112 e. The van der Waals surface area contributed by atoms with Crippen LogP contribution >= 0.6 is 23.5 Å². The number of hydrogen-bond acceptors (Lipinski definition) is 2. The topological polar surface area (TPSA) is 0 Å². The second-order valence-corrected chi connectivity index (χ2v) is 10.8. The summed E-state index contributed by atoms with van der Waals surface area (Å²) in [4.78, 5) is 0. The molecule has 3 aliphatic rings. The van der Waals surface area contributed by atoms with Crippen LogP contribution in [0.4, 0.5) is 0 Å². The Morgan fingerprint density at radius 3 is 2.13 bits per heavy atom. The van der Waals surface area contributed by atoms with Gasteiger partial charge in [0.1, 0.15) is 0 Å². The van der Waals surface area contributed by atoms with Gasteiger partial charge >= 0.3 is 0 Å². The van der Waals surface area contributed by atoms with Crippen molar-refractivity contribution in [1.29, 1.82) is 0 Å². The molecule has 3 fully saturated rings. The molecule has 2 heterocycles. The Morgan fingerprint density at radius 1 is 0.696 bits per heavy atom. The second kappa shape index (κ2) is 10.00. The van der Waals surface area contributed by atoms with Crippen LogP contribution in [-0.2, 0) is 0 Å². The van der Waals surface area contributed by atoms with E-state index >= 15 is 0 Å². The summed E-state index contributed by atoms with van der Waals surface area (Å²) in [6.07, 6.45) is 19.3. The van der Waals surface area contributed by atoms with Crippen molar-refractivity contribution in [2.75, 3.05) is 11.5 Å². The number of rotatable bonds is 2. The average Bonchev–Trinajstić information content (AvgIpc) is 2.62. The molecule has 0 aromatic heterocycles. The summed E-state index contributed by atoms with van der Waals surface area (Å²) < 4.78 is 0. The normalized spacial score (nSPS) is 39.0. The largest absolute Gasteiger partial charge is 0.158 e. The molecule has 0 aromatic rings. The van der Waals surface area contributed by atoms with Gasteiger partial charge < -0.3 is 0 Å². The third-order valence-corrected chi connectivity index (χ3v) is 9.52. The van der Waals surface area contributed by atoms with Gasteiger partial charge in [0.15, 0.2) is 0 Å². The van der Waals surface area contributed by atoms with E-state index in [1.165, 1.54) is 95.0 Å². The van der Waals surface area contributed by atoms with E-state index in [2.05, 4.69) is 30.4 Å². The van der Waals surface area contributed by atoms with Crippen molar-refractivity contribution >= 4 is 23.5 Å². The maximum atomic E-state index is 2.63. The van der Waals surface area contributed by atoms with Gasteiger partial charge in [0.25, 0.3) is 0 Å². The first-order chi connectivity index (χ1) is 11.4. The molecule has 23 heavy (non-hydrogen) atoms. The molecule has 1 radical (unpaired) electrons. The van der Waals surface area contributed by atoms with Gasteiger partial charge in [-0.15, -0.1) is 0 Å². The standard InChI is InChI=1S/C21H37S2/c1-17-18(20-13-7-9-15-22-20)11-5-3-2-4-6-12-19(17)21-14-8-10-16-23-21/h17-18,20-21H,2-16H2,1H3. The van der Waals surface area contributed by atoms with E-state index in [0.29, 0.717) is 0 Å². The fraction of sp³-hybridized carbons (Fsp3) is 0.952. The van der Waals surface area contributed by atoms with Crippen molar-refractivity contribution in [2.24, 2.45) is 11.8 Å². The molecule has 1 aliphatic carbocycles. The summed E-state index contributed by atoms with van der Waals surface area (Å²) >= 11 is 4.64. The van der Waals surface area contributed by atoms with Gasteiger partial charge in [0.05, 0.1) is 0 Å². The first-order valence-electron chi connectivity index (χ1n) is 10.4. The molecule has 0 nitrogen and oxygen atoms in total. The average molecular weight is 354 g/mol. The predicted octanol–water partition coefficient (Wildman–Crippen LogP) is 7.13. The predicted molar refractivity (Wildman–Crippen MR) is 108 cm³/mol. The highest BCUT2D eigenvalue weighted by molar-refractivity contribution is 8.00. The molecule has 2 saturated heterocycles. The van der Waals surface area contributed by atoms with E-state index in [9.17, 15) is 0 Å². The van der Waals surface area contributed by atoms with Crippen LogP contribution in [-0.4, -0.2) is 22.0 Å². The van der Waals surface area contributed by atoms with Crippen LogP contribution < -0.4 is 0 Å². The Bertz CT molecular complexity index is 288. The molecule has 0 amide bonds. The van der Waals surface area contributed by atoms with E-state index in [1.807, 2.05) is 5.92 Å². The minimum atomic E-state index is 0.888. The third kappa shape index (κ3) is 5.33. The lowest BCUT2D eigenvalue weighted by molar-refractivity contribution is 0.285. The van der Waals surface area contributed by atoms with Gasteiger partial charge in [-0.05, 0) is 67.8 Å². The summed E-state index contributed by atoms with van der Waals surface area (Å²) in [5.41, 5.74) is 0. The lowest BCUT2D eigenvalue weighted by atomic mass is 9.72. The molecule has 0 N–H and O–H groups in total. The highest BCUT2D eigenvalue weighted by Crippen LogP contribution is 2.46. The fourth-order valence-corrected chi connectivity index (χ4v) is 8.25. The lowest BCUT2D eigenvalue weighted by Gasteiger charge is -2.41. The van der Waals surface area contributed by atoms with Crippen LogP contribution in [0.15, 0.2) is 0 Å². The minimum absolute atomic E-state index is 0.888. The molecule has 4 unspecified atom stereocenters. The minimum Gasteiger partial charge on any atom is -0.158 e. The van der Waals surface area contributed by atoms with Crippen molar-refractivity contribution in [2.45, 2.75) is 101 Å². The van der Waals surface area contributed by atoms with E-state index in [0.717, 1.165) is 22.3 Å². The molecule has 2 heteroatoms. The van der Waals surface area contributed by atoms with Crippen LogP contribution in [0.5, 0.6) is 0 Å². The Kier molecular flexibility index (Phi) is 8.04. The molecule has 2 aliphatic heterocycles. The highest BCUT2D eigenvalue weighted by atomic mass is 32.2. The summed E-state index contributed by atoms with van der Waals surface area (Å²) in [6, 6.07) is 0. The van der Waals surface area contributed by atoms with Crippen molar-refractivity contribution in [1.82, 2.24) is 0 Å². The Balaban J connectivity index is 1.70. The van der Waals surface area contributed by atoms with Gasteiger partial charge in [0.2, 0.25) is 0 Å². The molecule has 0 spiro atoms. The zero-order valence-electron chi connectivity index (χ0n) is 15.2. The smallest absolute Gasteiger partial charge is 0.0112 e. The maximum absolute atomic E-state index is 2.63. The number of hydrogen-bond donors (Lipinski definition) is 0. The van der Waals surface area contributed by atoms with E-state index in [1.54, 1.807) is 0 Å². The third-order valence-electron chi connectivity index (χ3n) is 6.52. The molecule has 133 valence electrons. The molecular formula is C21H37S2. The summed E-state index contributed by atoms with van der Waals surface area (Å²) in [5, 5.41) is 1.89. The quantitative estimate of drug-likeness (QED) is 0.518. The second-order valence-electron chi connectivity index (χ2n) is 8.09. The van der Waals surface area contributed by atoms with Gasteiger partial charge in [0, 0.05) is 10.5 Å². The van der Waals surface area contributed by atoms with E-state index in [4.69, 9.17) is 0 Å². The van der Waals surface area contributed by atoms with Crippen LogP contribution in [0.2, 0.25) is 0 Å². The van der Waals surface area contributed by atoms with Gasteiger partial charge in [-0.3, -0.25) is 0 Å². The van der Waals surface area contributed by atoms with E-state index < -0.39 is 0 Å². The summed E-state index contributed by atoms with van der Waals surface area (Å²) in [5.74, 6) is 6.72. The lowest BCUT2D eigenvalue weighted by Crippen LogP contribution is -2.35. The van der Waals surface area contributed by atoms with Crippen molar-refractivity contribution in [3.63, 3.8) is 0 Å². The highest BCUT2D eigenvalue weighted by Gasteiger charge is 2.37. The van der Waals surface area contributed by atoms with Crippen molar-refractivity contribution in [3.8, 4) is 0 Å². The summed E-state index contributed by atoms with van der Waals surface area (Å²) in [6.45, 7) is 2.63. The van der Waals surface area contributed by atoms with Crippen LogP contribution in [0, 0.1) is 17.8 Å². The van der Waals surface area contributed by atoms with Gasteiger partial charge in [-0.1, -0.05) is 51.9 Å². The molecular weight excluding hydrogens is 316 g/mol. The monoisotopic (exact) mass is 353 g/mol. The Morgan fingerprint density at radius 2 is 1.39 bits per heavy atom. The fourth-order valence-electron chi connectivity index (χ4n) is 5.09. The zero-order chi connectivity index (χ0) is 15.9. The van der Waals surface area contributed by atoms with Crippen LogP contribution in [0.1, 0.15) is 90.4 Å². The molecule has 0 bridgehead atoms. The molecule has 1 saturated carbocycles. The van der Waals surface area contributed by atoms with Gasteiger partial charge in [-0.2, -0.15) is 23.5 Å². The first kappa shape index (κ1) is 18.5. The first-order valence-corrected chi connectivity index (χ1v) is 12.5. The zero-order valence-corrected chi connectivity index (χ0v) is 16.9. The van der Waals surface area contributed by atoms with Crippen LogP contribution in [0.3, 0.4) is 0 Å². The molecule has 3 rings (SSSR count). The number of thioether (sulfide) groups is 2.